The van der Waals surface area contributed by atoms with Gasteiger partial charge in [0.1, 0.15) is 5.82 Å². The van der Waals surface area contributed by atoms with Crippen LogP contribution in [0, 0.1) is 5.82 Å². The van der Waals surface area contributed by atoms with Crippen LogP contribution in [0.15, 0.2) is 70.4 Å². The molecule has 2 aromatic heterocycles. The molecular weight excluding hydrogens is 497 g/mol. The first-order valence-electron chi connectivity index (χ1n) is 13.6. The first-order chi connectivity index (χ1) is 19.0. The van der Waals surface area contributed by atoms with E-state index in [0.29, 0.717) is 38.3 Å². The minimum absolute atomic E-state index is 0.0569. The molecule has 1 aliphatic heterocycles. The lowest BCUT2D eigenvalue weighted by Crippen LogP contribution is -2.44. The van der Waals surface area contributed by atoms with Gasteiger partial charge in [-0.2, -0.15) is 0 Å². The van der Waals surface area contributed by atoms with E-state index in [2.05, 4.69) is 9.88 Å². The summed E-state index contributed by atoms with van der Waals surface area (Å²) in [4.78, 5) is 34.5. The van der Waals surface area contributed by atoms with Gasteiger partial charge in [-0.25, -0.2) is 18.7 Å². The molecule has 202 valence electrons. The van der Waals surface area contributed by atoms with Gasteiger partial charge in [-0.3, -0.25) is 14.3 Å². The summed E-state index contributed by atoms with van der Waals surface area (Å²) < 4.78 is 22.8. The molecule has 0 atom stereocenters. The van der Waals surface area contributed by atoms with Crippen LogP contribution in [-0.2, 0) is 11.3 Å². The smallest absolute Gasteiger partial charge is 0.337 e. The van der Waals surface area contributed by atoms with Crippen LogP contribution in [0.1, 0.15) is 37.3 Å². The molecule has 4 aromatic rings. The Balaban J connectivity index is 1.62. The maximum absolute atomic E-state index is 14.4. The van der Waals surface area contributed by atoms with Crippen molar-refractivity contribution in [3.8, 4) is 16.8 Å². The summed E-state index contributed by atoms with van der Waals surface area (Å²) in [6.07, 6.45) is 3.75. The highest BCUT2D eigenvalue weighted by Crippen LogP contribution is 2.31. The number of nitrogens with two attached hydrogens (primary N) is 1. The van der Waals surface area contributed by atoms with Crippen molar-refractivity contribution < 1.29 is 9.13 Å². The largest absolute Gasteiger partial charge is 0.379 e. The molecule has 0 spiro atoms. The van der Waals surface area contributed by atoms with E-state index in [1.54, 1.807) is 0 Å². The average Bonchev–Trinajstić information content (AvgIpc) is 2.96. The summed E-state index contributed by atoms with van der Waals surface area (Å²) in [5, 5.41) is 0.0897. The lowest BCUT2D eigenvalue weighted by atomic mass is 9.91. The Morgan fingerprint density at radius 2 is 1.72 bits per heavy atom. The van der Waals surface area contributed by atoms with Gasteiger partial charge in [-0.05, 0) is 54.5 Å². The predicted molar refractivity (Wildman–Crippen MR) is 149 cm³/mol. The third-order valence-electron chi connectivity index (χ3n) is 7.96. The van der Waals surface area contributed by atoms with Crippen LogP contribution in [-0.4, -0.2) is 51.4 Å². The summed E-state index contributed by atoms with van der Waals surface area (Å²) in [5.74, 6) is -0.617. The van der Waals surface area contributed by atoms with Crippen molar-refractivity contribution in [1.82, 2.24) is 19.0 Å². The van der Waals surface area contributed by atoms with Crippen LogP contribution in [0.5, 0.6) is 0 Å². The molecule has 0 amide bonds. The lowest BCUT2D eigenvalue weighted by Gasteiger charge is -2.30. The zero-order chi connectivity index (χ0) is 26.9. The van der Waals surface area contributed by atoms with Crippen molar-refractivity contribution in [3.63, 3.8) is 0 Å². The predicted octanol–water partition coefficient (Wildman–Crippen LogP) is 3.63. The van der Waals surface area contributed by atoms with Crippen molar-refractivity contribution in [3.05, 3.63) is 93.0 Å². The summed E-state index contributed by atoms with van der Waals surface area (Å²) in [6.45, 7) is 3.39. The van der Waals surface area contributed by atoms with Crippen LogP contribution in [0.2, 0.25) is 0 Å². The number of rotatable bonds is 5. The number of hydrogen-bond acceptors (Lipinski definition) is 6. The Bertz CT molecular complexity index is 1600. The minimum Gasteiger partial charge on any atom is -0.379 e. The topological polar surface area (TPSA) is 95.4 Å². The average molecular weight is 530 g/mol. The molecule has 6 rings (SSSR count). The van der Waals surface area contributed by atoms with E-state index >= 15 is 0 Å². The number of ether oxygens (including phenoxy) is 1. The number of nitrogens with zero attached hydrogens (tertiary/aromatic N) is 4. The van der Waals surface area contributed by atoms with Gasteiger partial charge < -0.3 is 10.5 Å². The minimum atomic E-state index is -0.617. The number of hydrogen-bond donors (Lipinski definition) is 1. The number of fused-ring (bicyclic) bond motifs is 1. The van der Waals surface area contributed by atoms with Crippen LogP contribution in [0.3, 0.4) is 0 Å². The fourth-order valence-corrected chi connectivity index (χ4v) is 5.90. The second kappa shape index (κ2) is 10.8. The summed E-state index contributed by atoms with van der Waals surface area (Å²) >= 11 is 0. The van der Waals surface area contributed by atoms with E-state index in [-0.39, 0.29) is 23.1 Å². The van der Waals surface area contributed by atoms with Gasteiger partial charge >= 0.3 is 5.69 Å². The van der Waals surface area contributed by atoms with Crippen LogP contribution < -0.4 is 17.0 Å². The molecule has 1 saturated carbocycles. The van der Waals surface area contributed by atoms with E-state index in [4.69, 9.17) is 10.5 Å². The molecule has 2 fully saturated rings. The number of benzene rings is 2. The fourth-order valence-electron chi connectivity index (χ4n) is 5.90. The normalized spacial score (nSPS) is 20.4. The molecule has 2 N–H and O–H groups in total. The Kier molecular flexibility index (Phi) is 7.12. The molecule has 2 aromatic carbocycles. The third-order valence-corrected chi connectivity index (χ3v) is 7.96. The van der Waals surface area contributed by atoms with E-state index in [0.717, 1.165) is 48.8 Å². The van der Waals surface area contributed by atoms with Crippen LogP contribution >= 0.6 is 0 Å². The monoisotopic (exact) mass is 529 g/mol. The Labute approximate surface area is 225 Å². The number of morpholine rings is 1. The number of halogens is 1. The van der Waals surface area contributed by atoms with Gasteiger partial charge in [0.2, 0.25) is 0 Å². The summed E-state index contributed by atoms with van der Waals surface area (Å²) in [5.41, 5.74) is 8.90. The number of pyridine rings is 1. The van der Waals surface area contributed by atoms with Crippen molar-refractivity contribution in [2.75, 3.05) is 26.3 Å². The van der Waals surface area contributed by atoms with Gasteiger partial charge in [0, 0.05) is 31.7 Å². The van der Waals surface area contributed by atoms with Crippen molar-refractivity contribution in [2.45, 2.75) is 44.3 Å². The lowest BCUT2D eigenvalue weighted by molar-refractivity contribution is 0.0342. The van der Waals surface area contributed by atoms with Crippen LogP contribution in [0.4, 0.5) is 4.39 Å². The molecule has 39 heavy (non-hydrogen) atoms. The Morgan fingerprint density at radius 3 is 2.46 bits per heavy atom. The summed E-state index contributed by atoms with van der Waals surface area (Å²) in [6, 6.07) is 16.8. The molecule has 2 aliphatic rings. The van der Waals surface area contributed by atoms with E-state index in [9.17, 15) is 14.0 Å². The highest BCUT2D eigenvalue weighted by molar-refractivity contribution is 5.78. The highest BCUT2D eigenvalue weighted by atomic mass is 19.1. The molecule has 8 nitrogen and oxygen atoms in total. The van der Waals surface area contributed by atoms with Crippen molar-refractivity contribution in [2.24, 2.45) is 5.73 Å². The Morgan fingerprint density at radius 1 is 0.974 bits per heavy atom. The first-order valence-corrected chi connectivity index (χ1v) is 13.6. The molecular formula is C30H32FN5O3. The zero-order valence-corrected chi connectivity index (χ0v) is 21.8. The van der Waals surface area contributed by atoms with Crippen LogP contribution in [0.25, 0.3) is 27.8 Å². The third kappa shape index (κ3) is 4.93. The van der Waals surface area contributed by atoms with E-state index < -0.39 is 17.1 Å². The maximum atomic E-state index is 14.4. The Hall–Kier alpha value is -3.66. The molecule has 0 unspecified atom stereocenters. The fraction of sp³-hybridized carbons (Fsp3) is 0.367. The van der Waals surface area contributed by atoms with Gasteiger partial charge in [-0.1, -0.05) is 42.5 Å². The number of aromatic nitrogens is 3. The highest BCUT2D eigenvalue weighted by Gasteiger charge is 2.27. The molecule has 9 heteroatoms. The van der Waals surface area contributed by atoms with Crippen molar-refractivity contribution >= 4 is 11.0 Å². The van der Waals surface area contributed by atoms with E-state index in [1.807, 2.05) is 48.5 Å². The summed E-state index contributed by atoms with van der Waals surface area (Å²) in [7, 11) is 0. The zero-order valence-electron chi connectivity index (χ0n) is 21.8. The second-order valence-corrected chi connectivity index (χ2v) is 10.4. The quantitative estimate of drug-likeness (QED) is 0.424. The molecule has 1 saturated heterocycles. The molecule has 0 radical (unpaired) electrons. The van der Waals surface area contributed by atoms with Gasteiger partial charge in [0.15, 0.2) is 5.65 Å². The SMILES string of the molecule is NC1CCC(n2c(=O)c3cc(F)cnc3n(-c3cccc(-c4ccccc4)c3CN3CCOCC3)c2=O)CC1. The molecule has 3 heterocycles. The van der Waals surface area contributed by atoms with Gasteiger partial charge in [0.05, 0.1) is 30.5 Å². The van der Waals surface area contributed by atoms with Crippen molar-refractivity contribution in [1.29, 1.82) is 0 Å². The molecule has 1 aliphatic carbocycles. The second-order valence-electron chi connectivity index (χ2n) is 10.4. The van der Waals surface area contributed by atoms with Gasteiger partial charge in [0.25, 0.3) is 5.56 Å². The van der Waals surface area contributed by atoms with E-state index in [1.165, 1.54) is 15.2 Å². The van der Waals surface area contributed by atoms with Gasteiger partial charge in [-0.15, -0.1) is 0 Å². The molecule has 0 bridgehead atoms. The maximum Gasteiger partial charge on any atom is 0.337 e. The first kappa shape index (κ1) is 25.6. The standard InChI is InChI=1S/C30H32FN5O3/c31-21-17-25-28(33-18-21)36(30(38)35(29(25)37)23-11-9-22(32)10-12-23)27-8-4-7-24(20-5-2-1-3-6-20)26(27)19-34-13-15-39-16-14-34/h1-8,17-18,22-23H,9-16,19,32H2.